The van der Waals surface area contributed by atoms with Crippen molar-refractivity contribution in [2.45, 2.75) is 25.8 Å². The van der Waals surface area contributed by atoms with E-state index in [-0.39, 0.29) is 11.9 Å². The minimum Gasteiger partial charge on any atom is -0.327 e. The molecule has 2 aromatic rings. The summed E-state index contributed by atoms with van der Waals surface area (Å²) in [4.78, 5) is 0. The van der Waals surface area contributed by atoms with Gasteiger partial charge in [-0.1, -0.05) is 19.1 Å². The Morgan fingerprint density at radius 3 is 2.88 bits per heavy atom. The van der Waals surface area contributed by atoms with Crippen LogP contribution in [0.3, 0.4) is 0 Å². The Hall–Kier alpha value is -1.68. The third-order valence-corrected chi connectivity index (χ3v) is 2.81. The van der Waals surface area contributed by atoms with E-state index in [9.17, 15) is 4.39 Å². The van der Waals surface area contributed by atoms with Crippen molar-refractivity contribution < 1.29 is 4.39 Å². The summed E-state index contributed by atoms with van der Waals surface area (Å²) >= 11 is 0. The molecule has 90 valence electrons. The summed E-state index contributed by atoms with van der Waals surface area (Å²) in [6, 6.07) is 6.87. The average Bonchev–Trinajstić information content (AvgIpc) is 2.82. The van der Waals surface area contributed by atoms with Gasteiger partial charge in [-0.2, -0.15) is 5.10 Å². The number of hydrogen-bond donors (Lipinski definition) is 1. The lowest BCUT2D eigenvalue weighted by Crippen LogP contribution is -2.22. The van der Waals surface area contributed by atoms with E-state index in [0.717, 1.165) is 12.0 Å². The number of para-hydroxylation sites is 1. The molecule has 0 saturated carbocycles. The van der Waals surface area contributed by atoms with Crippen LogP contribution in [0.1, 0.15) is 18.9 Å². The molecule has 3 nitrogen and oxygen atoms in total. The molecule has 0 amide bonds. The highest BCUT2D eigenvalue weighted by molar-refractivity contribution is 5.42. The lowest BCUT2D eigenvalue weighted by molar-refractivity contribution is 0.596. The van der Waals surface area contributed by atoms with Crippen LogP contribution in [0.4, 0.5) is 4.39 Å². The molecule has 1 aromatic heterocycles. The smallest absolute Gasteiger partial charge is 0.149 e. The first-order chi connectivity index (χ1) is 8.22. The fourth-order valence-electron chi connectivity index (χ4n) is 1.81. The molecule has 0 fully saturated rings. The van der Waals surface area contributed by atoms with Crippen molar-refractivity contribution in [2.24, 2.45) is 5.73 Å². The van der Waals surface area contributed by atoms with Crippen molar-refractivity contribution in [3.05, 3.63) is 48.0 Å². The highest BCUT2D eigenvalue weighted by Crippen LogP contribution is 2.19. The zero-order chi connectivity index (χ0) is 12.3. The standard InChI is InChI=1S/C13H16FN3/c1-2-11(15)9-10-5-3-6-12(14)13(10)17-8-4-7-16-17/h3-8,11H,2,9,15H2,1H3. The molecule has 1 atom stereocenters. The number of rotatable bonds is 4. The summed E-state index contributed by atoms with van der Waals surface area (Å²) in [7, 11) is 0. The highest BCUT2D eigenvalue weighted by atomic mass is 19.1. The van der Waals surface area contributed by atoms with Crippen LogP contribution in [0, 0.1) is 5.82 Å². The maximum atomic E-state index is 13.9. The van der Waals surface area contributed by atoms with Gasteiger partial charge in [0.1, 0.15) is 11.5 Å². The Labute approximate surface area is 100 Å². The van der Waals surface area contributed by atoms with E-state index in [1.165, 1.54) is 6.07 Å². The van der Waals surface area contributed by atoms with Crippen LogP contribution in [-0.2, 0) is 6.42 Å². The van der Waals surface area contributed by atoms with Crippen molar-refractivity contribution in [3.63, 3.8) is 0 Å². The van der Waals surface area contributed by atoms with E-state index < -0.39 is 0 Å². The molecule has 0 aliphatic heterocycles. The molecule has 0 bridgehead atoms. The second-order valence-corrected chi connectivity index (χ2v) is 4.07. The maximum absolute atomic E-state index is 13.9. The van der Waals surface area contributed by atoms with E-state index in [2.05, 4.69) is 5.10 Å². The van der Waals surface area contributed by atoms with Gasteiger partial charge in [0.25, 0.3) is 0 Å². The SMILES string of the molecule is CCC(N)Cc1cccc(F)c1-n1cccn1. The quantitative estimate of drug-likeness (QED) is 0.880. The highest BCUT2D eigenvalue weighted by Gasteiger charge is 2.12. The van der Waals surface area contributed by atoms with Gasteiger partial charge in [0.15, 0.2) is 0 Å². The molecule has 2 rings (SSSR count). The predicted molar refractivity (Wildman–Crippen MR) is 65.5 cm³/mol. The normalized spacial score (nSPS) is 12.6. The van der Waals surface area contributed by atoms with Gasteiger partial charge in [0.2, 0.25) is 0 Å². The van der Waals surface area contributed by atoms with Crippen LogP contribution in [0.5, 0.6) is 0 Å². The molecular weight excluding hydrogens is 217 g/mol. The van der Waals surface area contributed by atoms with E-state index in [1.807, 2.05) is 13.0 Å². The van der Waals surface area contributed by atoms with Crippen molar-refractivity contribution in [3.8, 4) is 5.69 Å². The number of benzene rings is 1. The molecular formula is C13H16FN3. The van der Waals surface area contributed by atoms with E-state index in [1.54, 1.807) is 29.2 Å². The molecule has 2 N–H and O–H groups in total. The molecule has 0 radical (unpaired) electrons. The number of halogens is 1. The minimum atomic E-state index is -0.269. The zero-order valence-electron chi connectivity index (χ0n) is 9.81. The fraction of sp³-hybridized carbons (Fsp3) is 0.308. The van der Waals surface area contributed by atoms with Gasteiger partial charge < -0.3 is 5.73 Å². The van der Waals surface area contributed by atoms with Gasteiger partial charge in [0.05, 0.1) is 0 Å². The zero-order valence-corrected chi connectivity index (χ0v) is 9.81. The molecule has 0 saturated heterocycles. The third-order valence-electron chi connectivity index (χ3n) is 2.81. The minimum absolute atomic E-state index is 0.0473. The summed E-state index contributed by atoms with van der Waals surface area (Å²) in [5.74, 6) is -0.269. The first-order valence-corrected chi connectivity index (χ1v) is 5.75. The van der Waals surface area contributed by atoms with E-state index in [0.29, 0.717) is 12.1 Å². The van der Waals surface area contributed by atoms with E-state index >= 15 is 0 Å². The van der Waals surface area contributed by atoms with Gasteiger partial charge in [-0.25, -0.2) is 9.07 Å². The summed E-state index contributed by atoms with van der Waals surface area (Å²) in [6.07, 6.45) is 4.90. The van der Waals surface area contributed by atoms with Crippen molar-refractivity contribution >= 4 is 0 Å². The molecule has 1 aromatic carbocycles. The van der Waals surface area contributed by atoms with Gasteiger partial charge in [-0.15, -0.1) is 0 Å². The lowest BCUT2D eigenvalue weighted by atomic mass is 10.0. The predicted octanol–water partition coefficient (Wildman–Crippen LogP) is 2.29. The van der Waals surface area contributed by atoms with Crippen molar-refractivity contribution in [1.82, 2.24) is 9.78 Å². The Bertz CT molecular complexity index is 479. The first kappa shape index (κ1) is 11.8. The summed E-state index contributed by atoms with van der Waals surface area (Å²) in [5.41, 5.74) is 7.32. The van der Waals surface area contributed by atoms with Crippen LogP contribution < -0.4 is 5.73 Å². The maximum Gasteiger partial charge on any atom is 0.149 e. The van der Waals surface area contributed by atoms with Crippen molar-refractivity contribution in [1.29, 1.82) is 0 Å². The first-order valence-electron chi connectivity index (χ1n) is 5.75. The molecule has 1 unspecified atom stereocenters. The second kappa shape index (κ2) is 5.10. The van der Waals surface area contributed by atoms with Crippen LogP contribution in [0.25, 0.3) is 5.69 Å². The Balaban J connectivity index is 2.42. The topological polar surface area (TPSA) is 43.8 Å². The summed E-state index contributed by atoms with van der Waals surface area (Å²) in [6.45, 7) is 2.03. The van der Waals surface area contributed by atoms with Crippen LogP contribution in [-0.4, -0.2) is 15.8 Å². The lowest BCUT2D eigenvalue weighted by Gasteiger charge is -2.14. The molecule has 0 spiro atoms. The Morgan fingerprint density at radius 2 is 2.24 bits per heavy atom. The number of nitrogens with zero attached hydrogens (tertiary/aromatic N) is 2. The molecule has 4 heteroatoms. The molecule has 1 heterocycles. The second-order valence-electron chi connectivity index (χ2n) is 4.07. The monoisotopic (exact) mass is 233 g/mol. The Kier molecular flexibility index (Phi) is 3.54. The summed E-state index contributed by atoms with van der Waals surface area (Å²) in [5, 5.41) is 4.08. The van der Waals surface area contributed by atoms with Crippen LogP contribution >= 0.6 is 0 Å². The Morgan fingerprint density at radius 1 is 1.41 bits per heavy atom. The molecule has 0 aliphatic carbocycles. The van der Waals surface area contributed by atoms with Crippen LogP contribution in [0.2, 0.25) is 0 Å². The van der Waals surface area contributed by atoms with Crippen LogP contribution in [0.15, 0.2) is 36.7 Å². The van der Waals surface area contributed by atoms with E-state index in [4.69, 9.17) is 5.73 Å². The fourth-order valence-corrected chi connectivity index (χ4v) is 1.81. The van der Waals surface area contributed by atoms with Gasteiger partial charge in [0, 0.05) is 18.4 Å². The van der Waals surface area contributed by atoms with Gasteiger partial charge in [-0.3, -0.25) is 0 Å². The molecule has 17 heavy (non-hydrogen) atoms. The largest absolute Gasteiger partial charge is 0.327 e. The number of aromatic nitrogens is 2. The van der Waals surface area contributed by atoms with Gasteiger partial charge in [-0.05, 0) is 30.5 Å². The summed E-state index contributed by atoms with van der Waals surface area (Å²) < 4.78 is 15.4. The third kappa shape index (κ3) is 2.53. The number of nitrogens with two attached hydrogens (primary N) is 1. The number of hydrogen-bond acceptors (Lipinski definition) is 2. The molecule has 0 aliphatic rings. The average molecular weight is 233 g/mol. The van der Waals surface area contributed by atoms with Crippen molar-refractivity contribution in [2.75, 3.05) is 0 Å². The van der Waals surface area contributed by atoms with Gasteiger partial charge >= 0.3 is 0 Å².